The van der Waals surface area contributed by atoms with Gasteiger partial charge in [0.05, 0.1) is 6.07 Å². The molecule has 3 nitrogen and oxygen atoms in total. The summed E-state index contributed by atoms with van der Waals surface area (Å²) in [5.41, 5.74) is 7.34. The number of hydrogen-bond donors (Lipinski definition) is 1. The maximum atomic E-state index is 13.2. The van der Waals surface area contributed by atoms with E-state index < -0.39 is 0 Å². The first-order valence-electron chi connectivity index (χ1n) is 7.61. The Balaban J connectivity index is 3.06. The molecule has 0 radical (unpaired) electrons. The third-order valence-electron chi connectivity index (χ3n) is 3.59. The minimum absolute atomic E-state index is 0.0198. The van der Waals surface area contributed by atoms with Crippen LogP contribution in [0, 0.1) is 23.1 Å². The molecule has 4 heteroatoms. The van der Waals surface area contributed by atoms with Crippen LogP contribution in [0.4, 0.5) is 4.39 Å². The van der Waals surface area contributed by atoms with Gasteiger partial charge in [-0.3, -0.25) is 4.90 Å². The second-order valence-electron chi connectivity index (χ2n) is 5.87. The number of nitrogens with two attached hydrogens (primary N) is 1. The average molecular weight is 291 g/mol. The molecule has 0 saturated carbocycles. The van der Waals surface area contributed by atoms with Crippen LogP contribution in [0.2, 0.25) is 0 Å². The van der Waals surface area contributed by atoms with Crippen LogP contribution in [0.25, 0.3) is 0 Å². The molecule has 0 spiro atoms. The van der Waals surface area contributed by atoms with Gasteiger partial charge in [-0.05, 0) is 30.0 Å². The van der Waals surface area contributed by atoms with Crippen LogP contribution >= 0.6 is 0 Å². The van der Waals surface area contributed by atoms with E-state index in [4.69, 9.17) is 11.0 Å². The summed E-state index contributed by atoms with van der Waals surface area (Å²) in [6.07, 6.45) is 1.31. The Morgan fingerprint density at radius 1 is 1.29 bits per heavy atom. The van der Waals surface area contributed by atoms with Crippen LogP contribution in [0.15, 0.2) is 24.3 Å². The first kappa shape index (κ1) is 17.6. The lowest BCUT2D eigenvalue weighted by Gasteiger charge is -2.36. The summed E-state index contributed by atoms with van der Waals surface area (Å²) >= 11 is 0. The van der Waals surface area contributed by atoms with Crippen molar-refractivity contribution in [1.29, 1.82) is 5.26 Å². The lowest BCUT2D eigenvalue weighted by atomic mass is 9.95. The van der Waals surface area contributed by atoms with Crippen molar-refractivity contribution < 1.29 is 4.39 Å². The van der Waals surface area contributed by atoms with Gasteiger partial charge in [-0.1, -0.05) is 32.9 Å². The zero-order valence-electron chi connectivity index (χ0n) is 13.2. The van der Waals surface area contributed by atoms with Gasteiger partial charge in [0.1, 0.15) is 5.82 Å². The molecule has 1 rings (SSSR count). The topological polar surface area (TPSA) is 53.0 Å². The van der Waals surface area contributed by atoms with Crippen LogP contribution in [-0.4, -0.2) is 24.0 Å². The van der Waals surface area contributed by atoms with Crippen LogP contribution in [0.5, 0.6) is 0 Å². The molecule has 0 amide bonds. The summed E-state index contributed by atoms with van der Waals surface area (Å²) in [5, 5.41) is 8.88. The molecule has 0 aromatic heterocycles. The predicted molar refractivity (Wildman–Crippen MR) is 84.0 cm³/mol. The van der Waals surface area contributed by atoms with Crippen molar-refractivity contribution in [3.63, 3.8) is 0 Å². The molecule has 0 saturated heterocycles. The second kappa shape index (κ2) is 8.76. The number of nitrogens with zero attached hydrogens (tertiary/aromatic N) is 2. The fourth-order valence-corrected chi connectivity index (χ4v) is 2.62. The summed E-state index contributed by atoms with van der Waals surface area (Å²) in [5.74, 6) is 0.241. The molecule has 0 heterocycles. The fraction of sp³-hybridized carbons (Fsp3) is 0.588. The van der Waals surface area contributed by atoms with Crippen LogP contribution < -0.4 is 5.73 Å². The van der Waals surface area contributed by atoms with E-state index in [9.17, 15) is 4.39 Å². The molecule has 2 unspecified atom stereocenters. The standard InChI is InChI=1S/C17H26FN3/c1-4-16(20)17(14-6-8-15(18)9-7-14)21(11-5-10-19)12-13(2)3/h6-9,13,16-17H,4-5,11-12,20H2,1-3H3. The number of benzene rings is 1. The van der Waals surface area contributed by atoms with Gasteiger partial charge < -0.3 is 5.73 Å². The van der Waals surface area contributed by atoms with E-state index in [0.717, 1.165) is 18.5 Å². The smallest absolute Gasteiger partial charge is 0.123 e. The molecule has 2 atom stereocenters. The largest absolute Gasteiger partial charge is 0.326 e. The predicted octanol–water partition coefficient (Wildman–Crippen LogP) is 3.48. The molecule has 1 aromatic carbocycles. The molecule has 0 aliphatic carbocycles. The summed E-state index contributed by atoms with van der Waals surface area (Å²) < 4.78 is 13.2. The Morgan fingerprint density at radius 2 is 1.90 bits per heavy atom. The van der Waals surface area contributed by atoms with Crippen molar-refractivity contribution in [3.8, 4) is 6.07 Å². The Kier molecular flexibility index (Phi) is 7.35. The molecular weight excluding hydrogens is 265 g/mol. The highest BCUT2D eigenvalue weighted by molar-refractivity contribution is 5.21. The van der Waals surface area contributed by atoms with E-state index in [0.29, 0.717) is 18.9 Å². The third kappa shape index (κ3) is 5.45. The number of rotatable bonds is 8. The Bertz CT molecular complexity index is 450. The maximum Gasteiger partial charge on any atom is 0.123 e. The highest BCUT2D eigenvalue weighted by Crippen LogP contribution is 2.26. The van der Waals surface area contributed by atoms with Crippen molar-refractivity contribution in [2.75, 3.05) is 13.1 Å². The molecule has 1 aromatic rings. The molecule has 21 heavy (non-hydrogen) atoms. The Hall–Kier alpha value is -1.44. The van der Waals surface area contributed by atoms with Crippen molar-refractivity contribution in [1.82, 2.24) is 4.90 Å². The molecule has 0 bridgehead atoms. The normalized spacial score (nSPS) is 14.2. The molecule has 0 aliphatic heterocycles. The number of hydrogen-bond acceptors (Lipinski definition) is 3. The van der Waals surface area contributed by atoms with Gasteiger partial charge in [0, 0.05) is 31.6 Å². The van der Waals surface area contributed by atoms with Crippen molar-refractivity contribution in [3.05, 3.63) is 35.6 Å². The van der Waals surface area contributed by atoms with E-state index >= 15 is 0 Å². The molecule has 2 N–H and O–H groups in total. The van der Waals surface area contributed by atoms with E-state index in [1.165, 1.54) is 12.1 Å². The van der Waals surface area contributed by atoms with E-state index in [-0.39, 0.29) is 17.9 Å². The van der Waals surface area contributed by atoms with Gasteiger partial charge in [-0.25, -0.2) is 4.39 Å². The van der Waals surface area contributed by atoms with Gasteiger partial charge in [0.2, 0.25) is 0 Å². The maximum absolute atomic E-state index is 13.2. The van der Waals surface area contributed by atoms with Gasteiger partial charge >= 0.3 is 0 Å². The van der Waals surface area contributed by atoms with E-state index in [2.05, 4.69) is 31.7 Å². The quantitative estimate of drug-likeness (QED) is 0.798. The second-order valence-corrected chi connectivity index (χ2v) is 5.87. The molecule has 0 aliphatic rings. The summed E-state index contributed by atoms with van der Waals surface area (Å²) in [6, 6.07) is 8.74. The highest BCUT2D eigenvalue weighted by Gasteiger charge is 2.26. The van der Waals surface area contributed by atoms with Crippen molar-refractivity contribution >= 4 is 0 Å². The fourth-order valence-electron chi connectivity index (χ4n) is 2.62. The minimum Gasteiger partial charge on any atom is -0.326 e. The summed E-state index contributed by atoms with van der Waals surface area (Å²) in [4.78, 5) is 2.26. The molecule has 0 fully saturated rings. The monoisotopic (exact) mass is 291 g/mol. The van der Waals surface area contributed by atoms with Crippen molar-refractivity contribution in [2.45, 2.75) is 45.7 Å². The van der Waals surface area contributed by atoms with Gasteiger partial charge in [-0.15, -0.1) is 0 Å². The third-order valence-corrected chi connectivity index (χ3v) is 3.59. The average Bonchev–Trinajstić information content (AvgIpc) is 2.46. The highest BCUT2D eigenvalue weighted by atomic mass is 19.1. The van der Waals surface area contributed by atoms with Crippen LogP contribution in [-0.2, 0) is 0 Å². The SMILES string of the molecule is CCC(N)C(c1ccc(F)cc1)N(CCC#N)CC(C)C. The van der Waals surface area contributed by atoms with Crippen molar-refractivity contribution in [2.24, 2.45) is 11.7 Å². The first-order chi connectivity index (χ1) is 9.99. The lowest BCUT2D eigenvalue weighted by molar-refractivity contribution is 0.154. The lowest BCUT2D eigenvalue weighted by Crippen LogP contribution is -2.43. The zero-order valence-corrected chi connectivity index (χ0v) is 13.2. The number of nitriles is 1. The van der Waals surface area contributed by atoms with Gasteiger partial charge in [-0.2, -0.15) is 5.26 Å². The molecule has 116 valence electrons. The van der Waals surface area contributed by atoms with Gasteiger partial charge in [0.25, 0.3) is 0 Å². The van der Waals surface area contributed by atoms with Crippen LogP contribution in [0.1, 0.15) is 45.2 Å². The Labute approximate surface area is 127 Å². The number of halogens is 1. The summed E-state index contributed by atoms with van der Waals surface area (Å²) in [6.45, 7) is 7.91. The summed E-state index contributed by atoms with van der Waals surface area (Å²) in [7, 11) is 0. The molecular formula is C17H26FN3. The van der Waals surface area contributed by atoms with E-state index in [1.807, 2.05) is 0 Å². The zero-order chi connectivity index (χ0) is 15.8. The van der Waals surface area contributed by atoms with Crippen LogP contribution in [0.3, 0.4) is 0 Å². The van der Waals surface area contributed by atoms with E-state index in [1.54, 1.807) is 12.1 Å². The van der Waals surface area contributed by atoms with Gasteiger partial charge in [0.15, 0.2) is 0 Å². The Morgan fingerprint density at radius 3 is 2.38 bits per heavy atom. The minimum atomic E-state index is -0.241. The first-order valence-corrected chi connectivity index (χ1v) is 7.61.